The van der Waals surface area contributed by atoms with Crippen LogP contribution in [0.4, 0.5) is 0 Å². The summed E-state index contributed by atoms with van der Waals surface area (Å²) >= 11 is 0. The van der Waals surface area contributed by atoms with E-state index in [4.69, 9.17) is 9.84 Å². The Bertz CT molecular complexity index is 351. The van der Waals surface area contributed by atoms with Gasteiger partial charge in [0.2, 0.25) is 0 Å². The highest BCUT2D eigenvalue weighted by atomic mass is 16.5. The first-order valence-corrected chi connectivity index (χ1v) is 5.03. The summed E-state index contributed by atoms with van der Waals surface area (Å²) in [6.07, 6.45) is -1.42. The van der Waals surface area contributed by atoms with Crippen LogP contribution in [0.2, 0.25) is 0 Å². The van der Waals surface area contributed by atoms with Crippen molar-refractivity contribution in [2.75, 3.05) is 6.61 Å². The van der Waals surface area contributed by atoms with Gasteiger partial charge in [-0.25, -0.2) is 4.79 Å². The monoisotopic (exact) mass is 230 g/mol. The SMILES string of the molecule is C[C@H]1[C@H](O)[C@H](O)[C@@H]2C(C(=O)O)=COC[C@]12O. The van der Waals surface area contributed by atoms with Crippen LogP contribution in [0, 0.1) is 11.8 Å². The van der Waals surface area contributed by atoms with E-state index in [0.29, 0.717) is 0 Å². The summed E-state index contributed by atoms with van der Waals surface area (Å²) in [5, 5.41) is 38.7. The molecule has 1 aliphatic carbocycles. The van der Waals surface area contributed by atoms with Gasteiger partial charge in [0.25, 0.3) is 0 Å². The van der Waals surface area contributed by atoms with Gasteiger partial charge in [-0.05, 0) is 0 Å². The van der Waals surface area contributed by atoms with Crippen LogP contribution in [0.5, 0.6) is 0 Å². The minimum Gasteiger partial charge on any atom is -0.498 e. The maximum atomic E-state index is 10.9. The highest BCUT2D eigenvalue weighted by Crippen LogP contribution is 2.46. The van der Waals surface area contributed by atoms with Gasteiger partial charge < -0.3 is 25.2 Å². The van der Waals surface area contributed by atoms with Crippen molar-refractivity contribution in [3.05, 3.63) is 11.8 Å². The molecule has 0 radical (unpaired) electrons. The topological polar surface area (TPSA) is 107 Å². The second-order valence-electron chi connectivity index (χ2n) is 4.43. The number of ether oxygens (including phenoxy) is 1. The number of aliphatic hydroxyl groups is 3. The summed E-state index contributed by atoms with van der Waals surface area (Å²) in [7, 11) is 0. The third kappa shape index (κ3) is 1.27. The number of carboxylic acid groups (broad SMARTS) is 1. The fourth-order valence-electron chi connectivity index (χ4n) is 2.56. The highest BCUT2D eigenvalue weighted by Gasteiger charge is 2.61. The highest BCUT2D eigenvalue weighted by molar-refractivity contribution is 5.87. The average Bonchev–Trinajstić information content (AvgIpc) is 2.40. The fourth-order valence-corrected chi connectivity index (χ4v) is 2.56. The van der Waals surface area contributed by atoms with E-state index in [1.54, 1.807) is 6.92 Å². The molecule has 6 heteroatoms. The lowest BCUT2D eigenvalue weighted by atomic mass is 9.80. The van der Waals surface area contributed by atoms with Crippen LogP contribution in [0.1, 0.15) is 6.92 Å². The number of carbonyl (C=O) groups is 1. The molecule has 0 bridgehead atoms. The van der Waals surface area contributed by atoms with Crippen molar-refractivity contribution in [1.82, 2.24) is 0 Å². The molecule has 16 heavy (non-hydrogen) atoms. The molecule has 0 saturated heterocycles. The third-order valence-corrected chi connectivity index (χ3v) is 3.64. The van der Waals surface area contributed by atoms with E-state index in [-0.39, 0.29) is 12.2 Å². The molecule has 1 aliphatic heterocycles. The second kappa shape index (κ2) is 3.44. The lowest BCUT2D eigenvalue weighted by Crippen LogP contribution is -2.49. The van der Waals surface area contributed by atoms with Gasteiger partial charge in [-0.1, -0.05) is 6.92 Å². The van der Waals surface area contributed by atoms with E-state index in [1.807, 2.05) is 0 Å². The van der Waals surface area contributed by atoms with Gasteiger partial charge in [-0.15, -0.1) is 0 Å². The Labute approximate surface area is 91.8 Å². The minimum atomic E-state index is -1.53. The zero-order chi connectivity index (χ0) is 12.1. The lowest BCUT2D eigenvalue weighted by molar-refractivity contribution is -0.139. The predicted octanol–water partition coefficient (Wildman–Crippen LogP) is -1.30. The average molecular weight is 230 g/mol. The number of hydrogen-bond acceptors (Lipinski definition) is 5. The van der Waals surface area contributed by atoms with Crippen LogP contribution in [0.25, 0.3) is 0 Å². The van der Waals surface area contributed by atoms with E-state index >= 15 is 0 Å². The molecule has 5 atom stereocenters. The molecular formula is C10H14O6. The third-order valence-electron chi connectivity index (χ3n) is 3.64. The Kier molecular flexibility index (Phi) is 2.45. The number of carboxylic acids is 1. The Hall–Kier alpha value is -1.11. The van der Waals surface area contributed by atoms with Crippen molar-refractivity contribution in [3.63, 3.8) is 0 Å². The van der Waals surface area contributed by atoms with E-state index in [0.717, 1.165) is 6.26 Å². The van der Waals surface area contributed by atoms with Gasteiger partial charge in [-0.3, -0.25) is 0 Å². The van der Waals surface area contributed by atoms with Gasteiger partial charge in [-0.2, -0.15) is 0 Å². The van der Waals surface area contributed by atoms with Crippen LogP contribution < -0.4 is 0 Å². The first-order chi connectivity index (χ1) is 7.39. The molecule has 2 aliphatic rings. The van der Waals surface area contributed by atoms with Gasteiger partial charge in [0.05, 0.1) is 30.0 Å². The Morgan fingerprint density at radius 1 is 1.50 bits per heavy atom. The molecule has 6 nitrogen and oxygen atoms in total. The van der Waals surface area contributed by atoms with Crippen LogP contribution in [0.15, 0.2) is 11.8 Å². The van der Waals surface area contributed by atoms with E-state index in [9.17, 15) is 20.1 Å². The molecule has 0 aromatic rings. The van der Waals surface area contributed by atoms with Crippen molar-refractivity contribution in [1.29, 1.82) is 0 Å². The van der Waals surface area contributed by atoms with Gasteiger partial charge in [0, 0.05) is 5.92 Å². The van der Waals surface area contributed by atoms with E-state index in [2.05, 4.69) is 0 Å². The Balaban J connectivity index is 2.45. The van der Waals surface area contributed by atoms with Crippen LogP contribution in [0.3, 0.4) is 0 Å². The molecule has 0 unspecified atom stereocenters. The summed E-state index contributed by atoms with van der Waals surface area (Å²) in [6.45, 7) is 1.44. The number of aliphatic carboxylic acids is 1. The second-order valence-corrected chi connectivity index (χ2v) is 4.43. The van der Waals surface area contributed by atoms with Crippen molar-refractivity contribution >= 4 is 5.97 Å². The molecule has 0 spiro atoms. The van der Waals surface area contributed by atoms with Gasteiger partial charge in [0.1, 0.15) is 12.2 Å². The van der Waals surface area contributed by atoms with E-state index in [1.165, 1.54) is 0 Å². The molecule has 1 saturated carbocycles. The van der Waals surface area contributed by atoms with Crippen LogP contribution >= 0.6 is 0 Å². The quantitative estimate of drug-likeness (QED) is 0.446. The Morgan fingerprint density at radius 3 is 2.69 bits per heavy atom. The molecule has 2 rings (SSSR count). The summed E-state index contributed by atoms with van der Waals surface area (Å²) in [4.78, 5) is 10.9. The number of hydrogen-bond donors (Lipinski definition) is 4. The van der Waals surface area contributed by atoms with E-state index < -0.39 is 35.6 Å². The van der Waals surface area contributed by atoms with Crippen molar-refractivity contribution in [3.8, 4) is 0 Å². The molecule has 0 aromatic heterocycles. The fraction of sp³-hybridized carbons (Fsp3) is 0.700. The molecule has 90 valence electrons. The number of aliphatic hydroxyl groups excluding tert-OH is 2. The maximum Gasteiger partial charge on any atom is 0.335 e. The van der Waals surface area contributed by atoms with Crippen molar-refractivity contribution in [2.24, 2.45) is 11.8 Å². The standard InChI is InChI=1S/C10H14O6/c1-4-7(11)8(12)6-5(9(13)14)2-16-3-10(4,6)15/h2,4,6-8,11-12,15H,3H2,1H3,(H,13,14)/t4-,6-,7-,8+,10-/m0/s1. The molecule has 0 amide bonds. The molecule has 4 N–H and O–H groups in total. The molecule has 1 fully saturated rings. The number of rotatable bonds is 1. The van der Waals surface area contributed by atoms with Gasteiger partial charge in [0.15, 0.2) is 0 Å². The largest absolute Gasteiger partial charge is 0.498 e. The van der Waals surface area contributed by atoms with Crippen LogP contribution in [-0.2, 0) is 9.53 Å². The molecule has 1 heterocycles. The molecular weight excluding hydrogens is 216 g/mol. The predicted molar refractivity (Wildman–Crippen MR) is 51.3 cm³/mol. The summed E-state index contributed by atoms with van der Waals surface area (Å²) < 4.78 is 4.91. The summed E-state index contributed by atoms with van der Waals surface area (Å²) in [5.74, 6) is -2.91. The van der Waals surface area contributed by atoms with Crippen molar-refractivity contribution in [2.45, 2.75) is 24.7 Å². The summed E-state index contributed by atoms with van der Waals surface area (Å²) in [5.41, 5.74) is -1.73. The zero-order valence-electron chi connectivity index (χ0n) is 8.70. The van der Waals surface area contributed by atoms with Crippen molar-refractivity contribution < 1.29 is 30.0 Å². The lowest BCUT2D eigenvalue weighted by Gasteiger charge is -2.36. The summed E-state index contributed by atoms with van der Waals surface area (Å²) in [6, 6.07) is 0. The normalized spacial score (nSPS) is 46.9. The van der Waals surface area contributed by atoms with Crippen LogP contribution in [-0.4, -0.2) is 50.8 Å². The smallest absolute Gasteiger partial charge is 0.335 e. The first-order valence-electron chi connectivity index (χ1n) is 5.03. The van der Waals surface area contributed by atoms with Gasteiger partial charge >= 0.3 is 5.97 Å². The first kappa shape index (κ1) is 11.4. The maximum absolute atomic E-state index is 10.9. The molecule has 0 aromatic carbocycles. The minimum absolute atomic E-state index is 0.121. The Morgan fingerprint density at radius 2 is 2.12 bits per heavy atom. The number of fused-ring (bicyclic) bond motifs is 1. The zero-order valence-corrected chi connectivity index (χ0v) is 8.70.